The highest BCUT2D eigenvalue weighted by molar-refractivity contribution is 5.85. The summed E-state index contributed by atoms with van der Waals surface area (Å²) < 4.78 is 17.1. The summed E-state index contributed by atoms with van der Waals surface area (Å²) in [5.41, 5.74) is -0.401. The molecule has 0 spiro atoms. The number of carbonyl (C=O) groups is 1. The summed E-state index contributed by atoms with van der Waals surface area (Å²) in [7, 11) is 0. The Morgan fingerprint density at radius 2 is 1.79 bits per heavy atom. The van der Waals surface area contributed by atoms with Crippen LogP contribution in [0.15, 0.2) is 11.6 Å². The normalized spacial score (nSPS) is 54.5. The number of aliphatic hydroxyl groups excluding tert-OH is 4. The van der Waals surface area contributed by atoms with Crippen LogP contribution in [-0.4, -0.2) is 87.1 Å². The minimum absolute atomic E-state index is 0.0831. The molecular weight excluding hydrogens is 492 g/mol. The molecule has 13 atom stereocenters. The van der Waals surface area contributed by atoms with E-state index in [1.807, 2.05) is 0 Å². The summed E-state index contributed by atoms with van der Waals surface area (Å²) >= 11 is 0. The highest BCUT2D eigenvalue weighted by Gasteiger charge is 2.68. The van der Waals surface area contributed by atoms with E-state index >= 15 is 0 Å². The molecule has 0 aromatic carbocycles. The van der Waals surface area contributed by atoms with Crippen LogP contribution in [0.1, 0.15) is 71.6 Å². The van der Waals surface area contributed by atoms with Gasteiger partial charge in [0.2, 0.25) is 0 Å². The zero-order valence-corrected chi connectivity index (χ0v) is 22.5. The van der Waals surface area contributed by atoms with E-state index in [2.05, 4.69) is 6.92 Å². The highest BCUT2D eigenvalue weighted by atomic mass is 16.7. The lowest BCUT2D eigenvalue weighted by molar-refractivity contribution is -0.311. The summed E-state index contributed by atoms with van der Waals surface area (Å²) in [5, 5.41) is 53.9. The molecule has 9 nitrogen and oxygen atoms in total. The van der Waals surface area contributed by atoms with Crippen LogP contribution in [0.4, 0.5) is 0 Å². The minimum atomic E-state index is -1.32. The van der Waals surface area contributed by atoms with Gasteiger partial charge in [0, 0.05) is 18.1 Å². The Morgan fingerprint density at radius 1 is 1.00 bits per heavy atom. The third kappa shape index (κ3) is 3.80. The van der Waals surface area contributed by atoms with Crippen LogP contribution in [0.25, 0.3) is 0 Å². The molecule has 214 valence electrons. The van der Waals surface area contributed by atoms with Gasteiger partial charge < -0.3 is 39.7 Å². The van der Waals surface area contributed by atoms with Crippen LogP contribution in [0.3, 0.4) is 0 Å². The predicted molar refractivity (Wildman–Crippen MR) is 134 cm³/mol. The molecule has 6 rings (SSSR count). The highest BCUT2D eigenvalue weighted by Crippen LogP contribution is 2.70. The van der Waals surface area contributed by atoms with E-state index in [1.54, 1.807) is 13.0 Å². The molecule has 5 N–H and O–H groups in total. The fourth-order valence-electron chi connectivity index (χ4n) is 9.91. The number of hydrogen-bond acceptors (Lipinski definition) is 9. The molecule has 9 heteroatoms. The van der Waals surface area contributed by atoms with Crippen molar-refractivity contribution in [1.29, 1.82) is 0 Å². The molecule has 0 aromatic rings. The van der Waals surface area contributed by atoms with Crippen molar-refractivity contribution in [2.24, 2.45) is 34.5 Å². The van der Waals surface area contributed by atoms with Crippen molar-refractivity contribution in [2.75, 3.05) is 13.2 Å². The molecule has 1 saturated heterocycles. The molecule has 2 heterocycles. The third-order valence-corrected chi connectivity index (χ3v) is 12.1. The number of esters is 1. The summed E-state index contributed by atoms with van der Waals surface area (Å²) in [6, 6.07) is 0. The van der Waals surface area contributed by atoms with Gasteiger partial charge in [0.1, 0.15) is 24.9 Å². The van der Waals surface area contributed by atoms with Crippen LogP contribution in [-0.2, 0) is 19.0 Å². The van der Waals surface area contributed by atoms with Gasteiger partial charge in [-0.05, 0) is 99.4 Å². The van der Waals surface area contributed by atoms with Gasteiger partial charge in [0.05, 0.1) is 17.8 Å². The van der Waals surface area contributed by atoms with Crippen molar-refractivity contribution in [2.45, 2.75) is 114 Å². The molecular formula is C29H44O9. The van der Waals surface area contributed by atoms with Gasteiger partial charge in [-0.15, -0.1) is 0 Å². The smallest absolute Gasteiger partial charge is 0.331 e. The summed E-state index contributed by atoms with van der Waals surface area (Å²) in [5.74, 6) is 0.414. The number of rotatable bonds is 4. The van der Waals surface area contributed by atoms with Gasteiger partial charge in [-0.1, -0.05) is 6.92 Å². The van der Waals surface area contributed by atoms with Crippen LogP contribution in [0, 0.1) is 34.5 Å². The Balaban J connectivity index is 1.19. The SMILES string of the molecule is C[C@H]1O[C@@H](OC2CCC3(CO)[C@@H](CCC4[C@@H]3CCC3(C)C(C5=CC(=O)OC5)CCC43O)C2)[C@H](O)[C@H](O)[C@@H]1O. The third-order valence-electron chi connectivity index (χ3n) is 12.1. The number of ether oxygens (including phenoxy) is 3. The Hall–Kier alpha value is -1.07. The zero-order valence-electron chi connectivity index (χ0n) is 22.5. The van der Waals surface area contributed by atoms with Crippen LogP contribution < -0.4 is 0 Å². The minimum Gasteiger partial charge on any atom is -0.458 e. The Labute approximate surface area is 224 Å². The van der Waals surface area contributed by atoms with Crippen molar-refractivity contribution in [3.8, 4) is 0 Å². The van der Waals surface area contributed by atoms with E-state index in [0.29, 0.717) is 19.4 Å². The molecule has 6 aliphatic rings. The molecule has 38 heavy (non-hydrogen) atoms. The number of hydrogen-bond donors (Lipinski definition) is 5. The Bertz CT molecular complexity index is 970. The van der Waals surface area contributed by atoms with E-state index in [0.717, 1.165) is 50.5 Å². The first-order valence-electron chi connectivity index (χ1n) is 14.6. The van der Waals surface area contributed by atoms with Crippen molar-refractivity contribution in [1.82, 2.24) is 0 Å². The molecule has 0 bridgehead atoms. The Kier molecular flexibility index (Phi) is 6.78. The number of aliphatic hydroxyl groups is 5. The largest absolute Gasteiger partial charge is 0.458 e. The second-order valence-corrected chi connectivity index (χ2v) is 13.4. The first kappa shape index (κ1) is 27.1. The topological polar surface area (TPSA) is 146 Å². The molecule has 2 aliphatic heterocycles. The Morgan fingerprint density at radius 3 is 2.50 bits per heavy atom. The maximum absolute atomic E-state index is 12.4. The maximum atomic E-state index is 12.4. The standard InChI is InChI=1S/C29H44O9/c1-15-23(32)24(33)25(34)26(37-15)38-18-5-9-28(14-30)17(12-18)3-4-21-20(28)6-8-27(2)19(7-10-29(21,27)35)16-11-22(31)36-13-16/h11,15,17-21,23-26,30,32-35H,3-10,12-14H2,1-2H3/t15-,17+,18?,19?,20+,21?,23-,24-,25-,26+,27?,28?,29?/m1/s1. The van der Waals surface area contributed by atoms with Gasteiger partial charge in [-0.25, -0.2) is 4.79 Å². The molecule has 4 aliphatic carbocycles. The average Bonchev–Trinajstić information content (AvgIpc) is 3.45. The molecule has 6 unspecified atom stereocenters. The molecule has 0 aromatic heterocycles. The zero-order chi connectivity index (χ0) is 27.0. The van der Waals surface area contributed by atoms with Gasteiger partial charge in [0.25, 0.3) is 0 Å². The quantitative estimate of drug-likeness (QED) is 0.266. The van der Waals surface area contributed by atoms with Gasteiger partial charge in [-0.2, -0.15) is 0 Å². The second kappa shape index (κ2) is 9.50. The van der Waals surface area contributed by atoms with Gasteiger partial charge >= 0.3 is 5.97 Å². The van der Waals surface area contributed by atoms with E-state index in [9.17, 15) is 30.3 Å². The van der Waals surface area contributed by atoms with Crippen LogP contribution >= 0.6 is 0 Å². The van der Waals surface area contributed by atoms with Crippen LogP contribution in [0.2, 0.25) is 0 Å². The summed E-state index contributed by atoms with van der Waals surface area (Å²) in [6.07, 6.45) is 3.35. The van der Waals surface area contributed by atoms with Gasteiger partial charge in [0.15, 0.2) is 6.29 Å². The molecule has 0 amide bonds. The molecule has 5 fully saturated rings. The first-order valence-corrected chi connectivity index (χ1v) is 14.6. The van der Waals surface area contributed by atoms with E-state index in [-0.39, 0.29) is 53.2 Å². The predicted octanol–water partition coefficient (Wildman–Crippen LogP) is 1.43. The number of cyclic esters (lactones) is 1. The lowest BCUT2D eigenvalue weighted by Gasteiger charge is -2.64. The fraction of sp³-hybridized carbons (Fsp3) is 0.897. The average molecular weight is 537 g/mol. The monoisotopic (exact) mass is 536 g/mol. The number of fused-ring (bicyclic) bond motifs is 5. The van der Waals surface area contributed by atoms with Crippen molar-refractivity contribution >= 4 is 5.97 Å². The van der Waals surface area contributed by atoms with E-state index in [1.165, 1.54) is 0 Å². The van der Waals surface area contributed by atoms with Crippen molar-refractivity contribution < 1.29 is 44.5 Å². The van der Waals surface area contributed by atoms with E-state index in [4.69, 9.17) is 14.2 Å². The van der Waals surface area contributed by atoms with Crippen LogP contribution in [0.5, 0.6) is 0 Å². The summed E-state index contributed by atoms with van der Waals surface area (Å²) in [6.45, 7) is 4.27. The van der Waals surface area contributed by atoms with Crippen molar-refractivity contribution in [3.05, 3.63) is 11.6 Å². The lowest BCUT2D eigenvalue weighted by Crippen LogP contribution is -2.64. The maximum Gasteiger partial charge on any atom is 0.331 e. The molecule has 4 saturated carbocycles. The first-order chi connectivity index (χ1) is 18.0. The summed E-state index contributed by atoms with van der Waals surface area (Å²) in [4.78, 5) is 11.8. The van der Waals surface area contributed by atoms with Crippen molar-refractivity contribution in [3.63, 3.8) is 0 Å². The molecule has 0 radical (unpaired) electrons. The lowest BCUT2D eigenvalue weighted by atomic mass is 9.43. The second-order valence-electron chi connectivity index (χ2n) is 13.4. The fourth-order valence-corrected chi connectivity index (χ4v) is 9.91. The van der Waals surface area contributed by atoms with Gasteiger partial charge in [-0.3, -0.25) is 0 Å². The van der Waals surface area contributed by atoms with E-state index < -0.39 is 36.3 Å². The number of carbonyl (C=O) groups excluding carboxylic acids is 1.